The molecule has 0 bridgehead atoms. The van der Waals surface area contributed by atoms with Crippen molar-refractivity contribution in [1.82, 2.24) is 10.2 Å². The number of fused-ring (bicyclic) bond motifs is 1. The average Bonchev–Trinajstić information content (AvgIpc) is 2.99. The molecule has 8 nitrogen and oxygen atoms in total. The normalized spacial score (nSPS) is 18.2. The molecule has 0 aromatic heterocycles. The third-order valence-electron chi connectivity index (χ3n) is 5.53. The molecule has 0 saturated carbocycles. The summed E-state index contributed by atoms with van der Waals surface area (Å²) in [7, 11) is 0. The highest BCUT2D eigenvalue weighted by molar-refractivity contribution is 14.1. The number of carbonyl (C=O) groups excluding carboxylic acids is 5. The van der Waals surface area contributed by atoms with Crippen LogP contribution in [0.3, 0.4) is 0 Å². The molecule has 166 valence electrons. The number of hydrogen-bond donors (Lipinski definition) is 2. The van der Waals surface area contributed by atoms with E-state index in [1.807, 2.05) is 0 Å². The minimum absolute atomic E-state index is 0.0610. The minimum Gasteiger partial charge on any atom is -0.325 e. The molecule has 31 heavy (non-hydrogen) atoms. The fourth-order valence-electron chi connectivity index (χ4n) is 3.92. The number of unbranched alkanes of at least 4 members (excludes halogenated alkanes) is 5. The lowest BCUT2D eigenvalue weighted by atomic mass is 10.0. The van der Waals surface area contributed by atoms with Crippen molar-refractivity contribution in [3.8, 4) is 0 Å². The third kappa shape index (κ3) is 5.50. The van der Waals surface area contributed by atoms with E-state index in [1.54, 1.807) is 12.1 Å². The molecule has 1 unspecified atom stereocenters. The summed E-state index contributed by atoms with van der Waals surface area (Å²) in [5, 5.41) is 4.92. The Kier molecular flexibility index (Phi) is 8.16. The predicted molar refractivity (Wildman–Crippen MR) is 123 cm³/mol. The molecular weight excluding hydrogens is 513 g/mol. The fraction of sp³-hybridized carbons (Fsp3) is 0.500. The van der Waals surface area contributed by atoms with Crippen LogP contribution in [-0.2, 0) is 14.4 Å². The van der Waals surface area contributed by atoms with E-state index in [0.717, 1.165) is 24.2 Å². The van der Waals surface area contributed by atoms with Crippen molar-refractivity contribution in [2.75, 3.05) is 9.74 Å². The summed E-state index contributed by atoms with van der Waals surface area (Å²) < 4.78 is 1.17. The van der Waals surface area contributed by atoms with Gasteiger partial charge in [0.15, 0.2) is 0 Å². The van der Waals surface area contributed by atoms with E-state index in [2.05, 4.69) is 33.2 Å². The lowest BCUT2D eigenvalue weighted by Crippen LogP contribution is -2.54. The molecule has 2 aliphatic heterocycles. The summed E-state index contributed by atoms with van der Waals surface area (Å²) in [4.78, 5) is 62.7. The van der Waals surface area contributed by atoms with Crippen LogP contribution in [0.1, 0.15) is 78.5 Å². The zero-order valence-corrected chi connectivity index (χ0v) is 19.4. The van der Waals surface area contributed by atoms with Gasteiger partial charge in [-0.2, -0.15) is 0 Å². The number of nitrogens with one attached hydrogen (secondary N) is 2. The van der Waals surface area contributed by atoms with Gasteiger partial charge in [-0.1, -0.05) is 54.3 Å². The highest BCUT2D eigenvalue weighted by Crippen LogP contribution is 2.32. The number of nitrogens with zero attached hydrogens (tertiary/aromatic N) is 1. The molecule has 9 heteroatoms. The van der Waals surface area contributed by atoms with Gasteiger partial charge < -0.3 is 5.32 Å². The van der Waals surface area contributed by atoms with E-state index in [0.29, 0.717) is 6.42 Å². The van der Waals surface area contributed by atoms with Gasteiger partial charge in [-0.3, -0.25) is 34.2 Å². The summed E-state index contributed by atoms with van der Waals surface area (Å²) in [6.07, 6.45) is 6.94. The summed E-state index contributed by atoms with van der Waals surface area (Å²) in [6.45, 7) is 0. The molecule has 1 atom stereocenters. The zero-order valence-electron chi connectivity index (χ0n) is 17.2. The molecule has 3 rings (SSSR count). The maximum atomic E-state index is 13.0. The van der Waals surface area contributed by atoms with Crippen molar-refractivity contribution in [2.24, 2.45) is 0 Å². The van der Waals surface area contributed by atoms with Crippen LogP contribution < -0.4 is 10.6 Å². The highest BCUT2D eigenvalue weighted by atomic mass is 127. The molecule has 0 spiro atoms. The first-order valence-electron chi connectivity index (χ1n) is 10.6. The van der Waals surface area contributed by atoms with Gasteiger partial charge in [-0.15, -0.1) is 0 Å². The largest absolute Gasteiger partial charge is 0.325 e. The molecule has 1 aromatic rings. The minimum atomic E-state index is -1.03. The first-order chi connectivity index (χ1) is 14.9. The van der Waals surface area contributed by atoms with Crippen LogP contribution in [0.15, 0.2) is 18.2 Å². The Labute approximate surface area is 194 Å². The molecule has 2 N–H and O–H groups in total. The highest BCUT2D eigenvalue weighted by Gasteiger charge is 2.45. The Bertz CT molecular complexity index is 901. The number of imide groups is 2. The molecule has 1 fully saturated rings. The van der Waals surface area contributed by atoms with Gasteiger partial charge in [0.05, 0.1) is 16.8 Å². The Morgan fingerprint density at radius 3 is 2.45 bits per heavy atom. The van der Waals surface area contributed by atoms with E-state index < -0.39 is 29.7 Å². The number of piperidine rings is 1. The molecule has 1 aromatic carbocycles. The van der Waals surface area contributed by atoms with Crippen molar-refractivity contribution in [3.05, 3.63) is 29.3 Å². The number of rotatable bonds is 10. The van der Waals surface area contributed by atoms with Crippen LogP contribution in [0.25, 0.3) is 0 Å². The SMILES string of the molecule is O=C1CCC(N2C(=O)c3cccc(NC(=O)CCCCCCCCI)c3C2=O)C(=O)N1. The Morgan fingerprint density at radius 1 is 1.03 bits per heavy atom. The Hall–Kier alpha value is -2.30. The lowest BCUT2D eigenvalue weighted by molar-refractivity contribution is -0.136. The molecular formula is C22H26IN3O5. The number of carbonyl (C=O) groups is 5. The van der Waals surface area contributed by atoms with Crippen molar-refractivity contribution < 1.29 is 24.0 Å². The Balaban J connectivity index is 1.62. The third-order valence-corrected chi connectivity index (χ3v) is 6.29. The van der Waals surface area contributed by atoms with Crippen molar-refractivity contribution in [1.29, 1.82) is 0 Å². The number of halogens is 1. The summed E-state index contributed by atoms with van der Waals surface area (Å²) in [6, 6.07) is 3.66. The number of amides is 5. The number of benzene rings is 1. The van der Waals surface area contributed by atoms with Crippen molar-refractivity contribution in [3.63, 3.8) is 0 Å². The quantitative estimate of drug-likeness (QED) is 0.205. The lowest BCUT2D eigenvalue weighted by Gasteiger charge is -2.27. The van der Waals surface area contributed by atoms with Crippen LogP contribution >= 0.6 is 22.6 Å². The summed E-state index contributed by atoms with van der Waals surface area (Å²) in [5.74, 6) is -2.50. The average molecular weight is 539 g/mol. The van der Waals surface area contributed by atoms with Gasteiger partial charge >= 0.3 is 0 Å². The van der Waals surface area contributed by atoms with Gasteiger partial charge in [-0.05, 0) is 35.8 Å². The topological polar surface area (TPSA) is 113 Å². The van der Waals surface area contributed by atoms with Crippen molar-refractivity contribution >= 4 is 57.8 Å². The van der Waals surface area contributed by atoms with Gasteiger partial charge in [0.25, 0.3) is 11.8 Å². The number of alkyl halides is 1. The second-order valence-electron chi connectivity index (χ2n) is 7.78. The monoisotopic (exact) mass is 539 g/mol. The Morgan fingerprint density at radius 2 is 1.74 bits per heavy atom. The predicted octanol–water partition coefficient (Wildman–Crippen LogP) is 3.19. The van der Waals surface area contributed by atoms with Crippen LogP contribution in [-0.4, -0.2) is 44.9 Å². The number of hydrogen-bond acceptors (Lipinski definition) is 5. The smallest absolute Gasteiger partial charge is 0.264 e. The summed E-state index contributed by atoms with van der Waals surface area (Å²) in [5.41, 5.74) is 0.532. The van der Waals surface area contributed by atoms with Crippen LogP contribution in [0.5, 0.6) is 0 Å². The maximum Gasteiger partial charge on any atom is 0.264 e. The first kappa shape index (κ1) is 23.4. The van der Waals surface area contributed by atoms with Gasteiger partial charge in [0.1, 0.15) is 6.04 Å². The second kappa shape index (κ2) is 10.8. The summed E-state index contributed by atoms with van der Waals surface area (Å²) >= 11 is 2.37. The van der Waals surface area contributed by atoms with Crippen LogP contribution in [0.2, 0.25) is 0 Å². The van der Waals surface area contributed by atoms with E-state index in [-0.39, 0.29) is 35.6 Å². The molecule has 0 radical (unpaired) electrons. The molecule has 2 aliphatic rings. The van der Waals surface area contributed by atoms with E-state index in [9.17, 15) is 24.0 Å². The van der Waals surface area contributed by atoms with Crippen LogP contribution in [0.4, 0.5) is 5.69 Å². The maximum absolute atomic E-state index is 13.0. The molecule has 2 heterocycles. The molecule has 5 amide bonds. The zero-order chi connectivity index (χ0) is 22.4. The van der Waals surface area contributed by atoms with Crippen molar-refractivity contribution in [2.45, 2.75) is 63.8 Å². The molecule has 1 saturated heterocycles. The van der Waals surface area contributed by atoms with E-state index in [4.69, 9.17) is 0 Å². The fourth-order valence-corrected chi connectivity index (χ4v) is 4.46. The van der Waals surface area contributed by atoms with Gasteiger partial charge in [-0.25, -0.2) is 0 Å². The van der Waals surface area contributed by atoms with Gasteiger partial charge in [0.2, 0.25) is 17.7 Å². The first-order valence-corrected chi connectivity index (χ1v) is 12.2. The molecule has 0 aliphatic carbocycles. The number of anilines is 1. The van der Waals surface area contributed by atoms with E-state index >= 15 is 0 Å². The van der Waals surface area contributed by atoms with Crippen LogP contribution in [0, 0.1) is 0 Å². The standard InChI is InChI=1S/C22H26IN3O5/c23-13-6-4-2-1-3-5-10-17(27)24-15-9-7-8-14-19(15)22(31)26(21(14)30)16-11-12-18(28)25-20(16)29/h7-9,16H,1-6,10-13H2,(H,24,27)(H,25,28,29). The van der Waals surface area contributed by atoms with Gasteiger partial charge in [0, 0.05) is 12.8 Å². The second-order valence-corrected chi connectivity index (χ2v) is 8.86. The van der Waals surface area contributed by atoms with E-state index in [1.165, 1.54) is 29.8 Å².